The predicted molar refractivity (Wildman–Crippen MR) is 94.5 cm³/mol. The van der Waals surface area contributed by atoms with Gasteiger partial charge in [-0.15, -0.1) is 12.4 Å². The van der Waals surface area contributed by atoms with E-state index >= 15 is 0 Å². The van der Waals surface area contributed by atoms with E-state index in [0.29, 0.717) is 24.4 Å². The molecule has 1 fully saturated rings. The molecule has 4 heteroatoms. The first kappa shape index (κ1) is 19.0. The minimum Gasteiger partial charge on any atom is -0.353 e. The second-order valence-corrected chi connectivity index (χ2v) is 6.40. The van der Waals surface area contributed by atoms with Crippen molar-refractivity contribution in [3.63, 3.8) is 0 Å². The fourth-order valence-corrected chi connectivity index (χ4v) is 3.11. The topological polar surface area (TPSA) is 55.1 Å². The maximum Gasteiger partial charge on any atom is 0.220 e. The standard InChI is InChI=1S/C18H28N2O.ClH/c1-3-14(15-6-4-13(2)5-7-15)12-18(21)20-17-10-8-16(19)9-11-17;/h4-7,14,16-17H,3,8-12,19H2,1-2H3,(H,20,21);1H. The number of rotatable bonds is 5. The zero-order valence-electron chi connectivity index (χ0n) is 13.7. The van der Waals surface area contributed by atoms with Gasteiger partial charge in [0.15, 0.2) is 0 Å². The highest BCUT2D eigenvalue weighted by Crippen LogP contribution is 2.24. The highest BCUT2D eigenvalue weighted by atomic mass is 35.5. The Kier molecular flexibility index (Phi) is 7.91. The van der Waals surface area contributed by atoms with Crippen molar-refractivity contribution in [2.45, 2.75) is 70.4 Å². The maximum absolute atomic E-state index is 12.3. The van der Waals surface area contributed by atoms with Crippen LogP contribution in [0.1, 0.15) is 62.5 Å². The van der Waals surface area contributed by atoms with Crippen LogP contribution in [-0.2, 0) is 4.79 Å². The number of nitrogens with one attached hydrogen (secondary N) is 1. The van der Waals surface area contributed by atoms with Crippen LogP contribution in [0.3, 0.4) is 0 Å². The summed E-state index contributed by atoms with van der Waals surface area (Å²) in [5.41, 5.74) is 8.43. The lowest BCUT2D eigenvalue weighted by atomic mass is 9.90. The summed E-state index contributed by atoms with van der Waals surface area (Å²) in [5, 5.41) is 3.19. The summed E-state index contributed by atoms with van der Waals surface area (Å²) in [6.07, 6.45) is 5.68. The number of hydrogen-bond acceptors (Lipinski definition) is 2. The molecule has 124 valence electrons. The number of benzene rings is 1. The molecule has 1 atom stereocenters. The van der Waals surface area contributed by atoms with E-state index in [-0.39, 0.29) is 18.3 Å². The highest BCUT2D eigenvalue weighted by Gasteiger charge is 2.21. The Morgan fingerprint density at radius 1 is 1.23 bits per heavy atom. The van der Waals surface area contributed by atoms with Crippen LogP contribution >= 0.6 is 12.4 Å². The lowest BCUT2D eigenvalue weighted by molar-refractivity contribution is -0.122. The average Bonchev–Trinajstić information content (AvgIpc) is 2.48. The van der Waals surface area contributed by atoms with E-state index in [9.17, 15) is 4.79 Å². The number of carbonyl (C=O) groups excluding carboxylic acids is 1. The predicted octanol–water partition coefficient (Wildman–Crippen LogP) is 3.69. The molecule has 1 aromatic carbocycles. The third-order valence-electron chi connectivity index (χ3n) is 4.61. The molecule has 22 heavy (non-hydrogen) atoms. The van der Waals surface area contributed by atoms with Crippen LogP contribution in [0.25, 0.3) is 0 Å². The van der Waals surface area contributed by atoms with Crippen molar-refractivity contribution < 1.29 is 4.79 Å². The van der Waals surface area contributed by atoms with Gasteiger partial charge in [0.1, 0.15) is 0 Å². The van der Waals surface area contributed by atoms with E-state index < -0.39 is 0 Å². The number of carbonyl (C=O) groups is 1. The van der Waals surface area contributed by atoms with Gasteiger partial charge in [0.05, 0.1) is 0 Å². The second kappa shape index (κ2) is 9.16. The summed E-state index contributed by atoms with van der Waals surface area (Å²) in [6, 6.07) is 9.20. The molecular weight excluding hydrogens is 296 g/mol. The van der Waals surface area contributed by atoms with Crippen molar-refractivity contribution in [1.29, 1.82) is 0 Å². The normalized spacial score (nSPS) is 22.5. The van der Waals surface area contributed by atoms with E-state index in [1.807, 2.05) is 0 Å². The number of aryl methyl sites for hydroxylation is 1. The number of nitrogens with two attached hydrogens (primary N) is 1. The first-order valence-electron chi connectivity index (χ1n) is 8.20. The molecule has 0 saturated heterocycles. The molecule has 0 aromatic heterocycles. The van der Waals surface area contributed by atoms with Crippen LogP contribution in [0.4, 0.5) is 0 Å². The van der Waals surface area contributed by atoms with Crippen LogP contribution < -0.4 is 11.1 Å². The second-order valence-electron chi connectivity index (χ2n) is 6.40. The monoisotopic (exact) mass is 324 g/mol. The van der Waals surface area contributed by atoms with Gasteiger partial charge in [-0.25, -0.2) is 0 Å². The summed E-state index contributed by atoms with van der Waals surface area (Å²) >= 11 is 0. The van der Waals surface area contributed by atoms with Gasteiger partial charge in [-0.2, -0.15) is 0 Å². The average molecular weight is 325 g/mol. The number of hydrogen-bond donors (Lipinski definition) is 2. The molecule has 3 nitrogen and oxygen atoms in total. The molecule has 1 amide bonds. The lowest BCUT2D eigenvalue weighted by Crippen LogP contribution is -2.40. The molecule has 2 rings (SSSR count). The smallest absolute Gasteiger partial charge is 0.220 e. The molecule has 0 heterocycles. The van der Waals surface area contributed by atoms with Gasteiger partial charge in [0, 0.05) is 18.5 Å². The maximum atomic E-state index is 12.3. The first-order chi connectivity index (χ1) is 10.1. The lowest BCUT2D eigenvalue weighted by Gasteiger charge is -2.27. The molecule has 3 N–H and O–H groups in total. The van der Waals surface area contributed by atoms with Crippen molar-refractivity contribution in [3.05, 3.63) is 35.4 Å². The zero-order valence-corrected chi connectivity index (χ0v) is 14.5. The van der Waals surface area contributed by atoms with Gasteiger partial charge < -0.3 is 11.1 Å². The third-order valence-corrected chi connectivity index (χ3v) is 4.61. The molecule has 1 unspecified atom stereocenters. The van der Waals surface area contributed by atoms with Crippen LogP contribution in [0, 0.1) is 6.92 Å². The van der Waals surface area contributed by atoms with Crippen LogP contribution in [-0.4, -0.2) is 18.0 Å². The van der Waals surface area contributed by atoms with Crippen molar-refractivity contribution in [3.8, 4) is 0 Å². The molecule has 1 aromatic rings. The van der Waals surface area contributed by atoms with Gasteiger partial charge in [0.25, 0.3) is 0 Å². The fourth-order valence-electron chi connectivity index (χ4n) is 3.11. The fraction of sp³-hybridized carbons (Fsp3) is 0.611. The highest BCUT2D eigenvalue weighted by molar-refractivity contribution is 5.85. The van der Waals surface area contributed by atoms with Gasteiger partial charge >= 0.3 is 0 Å². The summed E-state index contributed by atoms with van der Waals surface area (Å²) < 4.78 is 0. The number of amides is 1. The molecule has 0 aliphatic heterocycles. The first-order valence-corrected chi connectivity index (χ1v) is 8.20. The zero-order chi connectivity index (χ0) is 15.2. The molecule has 0 radical (unpaired) electrons. The Morgan fingerprint density at radius 2 is 1.82 bits per heavy atom. The van der Waals surface area contributed by atoms with E-state index in [1.165, 1.54) is 11.1 Å². The van der Waals surface area contributed by atoms with Crippen LogP contribution in [0.15, 0.2) is 24.3 Å². The summed E-state index contributed by atoms with van der Waals surface area (Å²) in [6.45, 7) is 4.24. The van der Waals surface area contributed by atoms with Gasteiger partial charge in [-0.3, -0.25) is 4.79 Å². The summed E-state index contributed by atoms with van der Waals surface area (Å²) in [4.78, 5) is 12.3. The van der Waals surface area contributed by atoms with Gasteiger partial charge in [0.2, 0.25) is 5.91 Å². The van der Waals surface area contributed by atoms with E-state index in [0.717, 1.165) is 32.1 Å². The molecule has 1 aliphatic rings. The summed E-state index contributed by atoms with van der Waals surface area (Å²) in [7, 11) is 0. The Hall–Kier alpha value is -1.06. The van der Waals surface area contributed by atoms with Gasteiger partial charge in [-0.1, -0.05) is 36.8 Å². The third kappa shape index (κ3) is 5.62. The molecular formula is C18H29ClN2O. The Bertz CT molecular complexity index is 453. The molecule has 0 spiro atoms. The molecule has 1 saturated carbocycles. The minimum atomic E-state index is 0. The largest absolute Gasteiger partial charge is 0.353 e. The van der Waals surface area contributed by atoms with Crippen molar-refractivity contribution in [1.82, 2.24) is 5.32 Å². The van der Waals surface area contributed by atoms with Crippen LogP contribution in [0.5, 0.6) is 0 Å². The van der Waals surface area contributed by atoms with Crippen LogP contribution in [0.2, 0.25) is 0 Å². The van der Waals surface area contributed by atoms with E-state index in [4.69, 9.17) is 5.73 Å². The number of halogens is 1. The van der Waals surface area contributed by atoms with E-state index in [1.54, 1.807) is 0 Å². The molecule has 1 aliphatic carbocycles. The summed E-state index contributed by atoms with van der Waals surface area (Å²) in [5.74, 6) is 0.499. The Labute approximate surface area is 140 Å². The quantitative estimate of drug-likeness (QED) is 0.868. The van der Waals surface area contributed by atoms with Crippen molar-refractivity contribution in [2.75, 3.05) is 0 Å². The SMILES string of the molecule is CCC(CC(=O)NC1CCC(N)CC1)c1ccc(C)cc1.Cl. The van der Waals surface area contributed by atoms with E-state index in [2.05, 4.69) is 43.4 Å². The molecule has 0 bridgehead atoms. The Balaban J connectivity index is 0.00000242. The Morgan fingerprint density at radius 3 is 2.36 bits per heavy atom. The van der Waals surface area contributed by atoms with Crippen molar-refractivity contribution >= 4 is 18.3 Å². The van der Waals surface area contributed by atoms with Gasteiger partial charge in [-0.05, 0) is 50.5 Å². The minimum absolute atomic E-state index is 0. The van der Waals surface area contributed by atoms with Crippen molar-refractivity contribution in [2.24, 2.45) is 5.73 Å².